The molecule has 0 saturated carbocycles. The van der Waals surface area contributed by atoms with Crippen molar-refractivity contribution in [1.82, 2.24) is 10.2 Å². The van der Waals surface area contributed by atoms with Crippen LogP contribution in [-0.4, -0.2) is 47.8 Å². The van der Waals surface area contributed by atoms with Gasteiger partial charge in [-0.15, -0.1) is 0 Å². The first-order chi connectivity index (χ1) is 8.26. The monoisotopic (exact) mass is 270 g/mol. The highest BCUT2D eigenvalue weighted by atomic mass is 19.4. The fraction of sp³-hybridized carbons (Fsp3) is 0.800. The normalized spacial score (nSPS) is 11.1. The summed E-state index contributed by atoms with van der Waals surface area (Å²) in [5.74, 6) is -1.16. The lowest BCUT2D eigenvalue weighted by molar-refractivity contribution is -0.137. The van der Waals surface area contributed by atoms with E-state index in [4.69, 9.17) is 5.11 Å². The summed E-state index contributed by atoms with van der Waals surface area (Å²) < 4.78 is 35.5. The molecule has 0 aromatic heterocycles. The van der Waals surface area contributed by atoms with E-state index in [0.717, 1.165) is 4.90 Å². The lowest BCUT2D eigenvalue weighted by atomic mass is 10.3. The number of hydrogen-bond acceptors (Lipinski definition) is 2. The molecule has 0 saturated heterocycles. The maximum absolute atomic E-state index is 11.8. The third-order valence-electron chi connectivity index (χ3n) is 2.02. The van der Waals surface area contributed by atoms with E-state index in [9.17, 15) is 22.8 Å². The number of hydrogen-bond donors (Lipinski definition) is 2. The van der Waals surface area contributed by atoms with Crippen molar-refractivity contribution in [1.29, 1.82) is 0 Å². The number of rotatable bonds is 7. The molecule has 0 fully saturated rings. The highest BCUT2D eigenvalue weighted by Crippen LogP contribution is 2.20. The van der Waals surface area contributed by atoms with Crippen molar-refractivity contribution in [2.45, 2.75) is 32.4 Å². The molecule has 0 spiro atoms. The van der Waals surface area contributed by atoms with Crippen molar-refractivity contribution in [2.24, 2.45) is 0 Å². The zero-order valence-corrected chi connectivity index (χ0v) is 10.1. The Hall–Kier alpha value is -1.47. The highest BCUT2D eigenvalue weighted by Gasteiger charge is 2.26. The number of urea groups is 1. The molecule has 2 N–H and O–H groups in total. The summed E-state index contributed by atoms with van der Waals surface area (Å²) in [5, 5.41) is 10.8. The van der Waals surface area contributed by atoms with Crippen molar-refractivity contribution in [3.8, 4) is 0 Å². The Kier molecular flexibility index (Phi) is 7.14. The number of nitrogens with one attached hydrogen (secondary N) is 1. The van der Waals surface area contributed by atoms with Gasteiger partial charge >= 0.3 is 18.2 Å². The Labute approximate surface area is 103 Å². The lowest BCUT2D eigenvalue weighted by Crippen LogP contribution is -2.43. The van der Waals surface area contributed by atoms with E-state index in [1.165, 1.54) is 0 Å². The van der Waals surface area contributed by atoms with Gasteiger partial charge < -0.3 is 15.3 Å². The fourth-order valence-corrected chi connectivity index (χ4v) is 1.28. The second kappa shape index (κ2) is 7.78. The second-order valence-electron chi connectivity index (χ2n) is 3.77. The predicted octanol–water partition coefficient (Wildman–Crippen LogP) is 1.84. The molecule has 0 bridgehead atoms. The van der Waals surface area contributed by atoms with Gasteiger partial charge in [0.05, 0.1) is 0 Å². The van der Waals surface area contributed by atoms with Gasteiger partial charge in [-0.2, -0.15) is 13.2 Å². The van der Waals surface area contributed by atoms with Crippen molar-refractivity contribution in [2.75, 3.05) is 19.6 Å². The van der Waals surface area contributed by atoms with Gasteiger partial charge in [-0.05, 0) is 12.8 Å². The molecule has 2 amide bonds. The molecule has 0 aliphatic carbocycles. The Morgan fingerprint density at radius 3 is 2.39 bits per heavy atom. The maximum Gasteiger partial charge on any atom is 0.389 e. The number of halogens is 3. The molecule has 0 radical (unpaired) electrons. The van der Waals surface area contributed by atoms with E-state index < -0.39 is 31.1 Å². The molecule has 18 heavy (non-hydrogen) atoms. The number of carbonyl (C=O) groups is 2. The molecule has 0 aromatic carbocycles. The van der Waals surface area contributed by atoms with Gasteiger partial charge in [0.2, 0.25) is 0 Å². The summed E-state index contributed by atoms with van der Waals surface area (Å²) in [6, 6.07) is -0.651. The number of nitrogens with zero attached hydrogens (tertiary/aromatic N) is 1. The van der Waals surface area contributed by atoms with Gasteiger partial charge in [0, 0.05) is 19.5 Å². The Morgan fingerprint density at radius 1 is 1.33 bits per heavy atom. The summed E-state index contributed by atoms with van der Waals surface area (Å²) in [5.41, 5.74) is 0. The minimum atomic E-state index is -4.24. The van der Waals surface area contributed by atoms with E-state index >= 15 is 0 Å². The number of amides is 2. The molecule has 106 valence electrons. The van der Waals surface area contributed by atoms with Crippen molar-refractivity contribution in [3.05, 3.63) is 0 Å². The molecule has 0 atom stereocenters. The van der Waals surface area contributed by atoms with Crippen LogP contribution in [0.5, 0.6) is 0 Å². The molecule has 0 aromatic rings. The predicted molar refractivity (Wildman–Crippen MR) is 58.2 cm³/mol. The van der Waals surface area contributed by atoms with Gasteiger partial charge in [-0.25, -0.2) is 4.79 Å². The number of carbonyl (C=O) groups excluding carboxylic acids is 1. The summed E-state index contributed by atoms with van der Waals surface area (Å²) in [6.07, 6.45) is -4.86. The summed E-state index contributed by atoms with van der Waals surface area (Å²) in [4.78, 5) is 23.0. The molecule has 5 nitrogen and oxygen atoms in total. The van der Waals surface area contributed by atoms with Gasteiger partial charge in [0.15, 0.2) is 0 Å². The van der Waals surface area contributed by atoms with Crippen LogP contribution >= 0.6 is 0 Å². The number of alkyl halides is 3. The van der Waals surface area contributed by atoms with Crippen molar-refractivity contribution >= 4 is 12.0 Å². The maximum atomic E-state index is 11.8. The minimum Gasteiger partial charge on any atom is -0.480 e. The van der Waals surface area contributed by atoms with Gasteiger partial charge in [-0.3, -0.25) is 4.79 Å². The molecule has 0 rings (SSSR count). The third-order valence-corrected chi connectivity index (χ3v) is 2.02. The van der Waals surface area contributed by atoms with E-state index in [1.807, 2.05) is 0 Å². The molecule has 0 aliphatic rings. The molecule has 0 heterocycles. The summed E-state index contributed by atoms with van der Waals surface area (Å²) >= 11 is 0. The molecule has 0 aliphatic heterocycles. The average Bonchev–Trinajstić information content (AvgIpc) is 2.21. The smallest absolute Gasteiger partial charge is 0.389 e. The van der Waals surface area contributed by atoms with Crippen LogP contribution in [0.3, 0.4) is 0 Å². The summed E-state index contributed by atoms with van der Waals surface area (Å²) in [6.45, 7) is 1.43. The lowest BCUT2D eigenvalue weighted by Gasteiger charge is -2.20. The van der Waals surface area contributed by atoms with E-state index in [1.54, 1.807) is 6.92 Å². The third kappa shape index (κ3) is 8.66. The first kappa shape index (κ1) is 16.5. The average molecular weight is 270 g/mol. The number of aliphatic carboxylic acids is 1. The van der Waals surface area contributed by atoms with Crippen molar-refractivity contribution < 1.29 is 27.9 Å². The molecular formula is C10H17F3N2O3. The van der Waals surface area contributed by atoms with Crippen LogP contribution < -0.4 is 5.32 Å². The van der Waals surface area contributed by atoms with Crippen LogP contribution in [0.2, 0.25) is 0 Å². The van der Waals surface area contributed by atoms with E-state index in [0.29, 0.717) is 6.42 Å². The number of carboxylic acids is 1. The standard InChI is InChI=1S/C10H17F3N2O3/c1-2-6-15(7-8(16)17)9(18)14-5-3-4-10(11,12)13/h2-7H2,1H3,(H,14,18)(H,16,17). The quantitative estimate of drug-likeness (QED) is 0.693. The molecule has 8 heteroatoms. The van der Waals surface area contributed by atoms with Crippen LogP contribution in [0.25, 0.3) is 0 Å². The van der Waals surface area contributed by atoms with Crippen LogP contribution in [0.4, 0.5) is 18.0 Å². The van der Waals surface area contributed by atoms with Gasteiger partial charge in [0.25, 0.3) is 0 Å². The topological polar surface area (TPSA) is 69.6 Å². The Morgan fingerprint density at radius 2 is 1.94 bits per heavy atom. The first-order valence-corrected chi connectivity index (χ1v) is 5.57. The second-order valence-corrected chi connectivity index (χ2v) is 3.77. The van der Waals surface area contributed by atoms with Gasteiger partial charge in [0.1, 0.15) is 6.54 Å². The minimum absolute atomic E-state index is 0.127. The zero-order chi connectivity index (χ0) is 14.2. The highest BCUT2D eigenvalue weighted by molar-refractivity contribution is 5.80. The zero-order valence-electron chi connectivity index (χ0n) is 10.1. The van der Waals surface area contributed by atoms with Gasteiger partial charge in [-0.1, -0.05) is 6.92 Å². The number of carboxylic acid groups (broad SMARTS) is 1. The van der Waals surface area contributed by atoms with Crippen LogP contribution in [0.15, 0.2) is 0 Å². The van der Waals surface area contributed by atoms with E-state index in [-0.39, 0.29) is 19.5 Å². The molecular weight excluding hydrogens is 253 g/mol. The Balaban J connectivity index is 3.99. The van der Waals surface area contributed by atoms with Crippen LogP contribution in [0.1, 0.15) is 26.2 Å². The van der Waals surface area contributed by atoms with Crippen LogP contribution in [-0.2, 0) is 4.79 Å². The SMILES string of the molecule is CCCN(CC(=O)O)C(=O)NCCCC(F)(F)F. The Bertz CT molecular complexity index is 282. The van der Waals surface area contributed by atoms with Crippen molar-refractivity contribution in [3.63, 3.8) is 0 Å². The first-order valence-electron chi connectivity index (χ1n) is 5.57. The largest absolute Gasteiger partial charge is 0.480 e. The summed E-state index contributed by atoms with van der Waals surface area (Å²) in [7, 11) is 0. The van der Waals surface area contributed by atoms with E-state index in [2.05, 4.69) is 5.32 Å². The van der Waals surface area contributed by atoms with Crippen LogP contribution in [0, 0.1) is 0 Å². The molecule has 0 unspecified atom stereocenters. The fourth-order valence-electron chi connectivity index (χ4n) is 1.28.